The highest BCUT2D eigenvalue weighted by molar-refractivity contribution is 5.91. The Balaban J connectivity index is 1.28. The van der Waals surface area contributed by atoms with Gasteiger partial charge in [-0.2, -0.15) is 0 Å². The van der Waals surface area contributed by atoms with Crippen molar-refractivity contribution in [2.75, 3.05) is 26.2 Å². The van der Waals surface area contributed by atoms with E-state index >= 15 is 0 Å². The van der Waals surface area contributed by atoms with Crippen LogP contribution in [0.4, 0.5) is 0 Å². The zero-order valence-electron chi connectivity index (χ0n) is 14.4. The van der Waals surface area contributed by atoms with Gasteiger partial charge in [0.2, 0.25) is 0 Å². The number of benzene rings is 1. The number of fused-ring (bicyclic) bond motifs is 1. The van der Waals surface area contributed by atoms with Gasteiger partial charge in [-0.25, -0.2) is 0 Å². The molecular weight excluding hydrogens is 316 g/mol. The number of hydrogen-bond donors (Lipinski definition) is 1. The van der Waals surface area contributed by atoms with Gasteiger partial charge in [0.15, 0.2) is 5.76 Å². The molecule has 5 heteroatoms. The number of para-hydroxylation sites is 1. The lowest BCUT2D eigenvalue weighted by molar-refractivity contribution is 0.0908. The number of nitrogens with one attached hydrogen (secondary N) is 1. The largest absolute Gasteiger partial charge is 0.493 e. The molecule has 1 amide bonds. The summed E-state index contributed by atoms with van der Waals surface area (Å²) in [4.78, 5) is 14.7. The Labute approximate surface area is 148 Å². The molecule has 0 radical (unpaired) electrons. The summed E-state index contributed by atoms with van der Waals surface area (Å²) in [6.45, 7) is 4.25. The number of ether oxygens (including phenoxy) is 1. The smallest absolute Gasteiger partial charge is 0.287 e. The molecule has 4 rings (SSSR count). The van der Waals surface area contributed by atoms with Gasteiger partial charge in [0.05, 0.1) is 13.2 Å². The fourth-order valence-electron chi connectivity index (χ4n) is 3.59. The third-order valence-electron chi connectivity index (χ3n) is 4.97. The quantitative estimate of drug-likeness (QED) is 0.909. The number of furan rings is 1. The number of carbonyl (C=O) groups is 1. The van der Waals surface area contributed by atoms with E-state index in [2.05, 4.69) is 16.3 Å². The first kappa shape index (κ1) is 16.2. The van der Waals surface area contributed by atoms with Crippen LogP contribution >= 0.6 is 0 Å². The predicted octanol–water partition coefficient (Wildman–Crippen LogP) is 2.86. The van der Waals surface area contributed by atoms with Crippen molar-refractivity contribution in [2.24, 2.45) is 5.92 Å². The summed E-state index contributed by atoms with van der Waals surface area (Å²) in [6, 6.07) is 11.8. The summed E-state index contributed by atoms with van der Waals surface area (Å²) in [5.74, 6) is 2.36. The minimum Gasteiger partial charge on any atom is -0.493 e. The van der Waals surface area contributed by atoms with Gasteiger partial charge >= 0.3 is 0 Å². The Morgan fingerprint density at radius 1 is 1.16 bits per heavy atom. The number of nitrogens with zero attached hydrogens (tertiary/aromatic N) is 1. The van der Waals surface area contributed by atoms with E-state index < -0.39 is 0 Å². The van der Waals surface area contributed by atoms with Gasteiger partial charge in [-0.3, -0.25) is 9.69 Å². The Bertz CT molecular complexity index is 734. The first-order valence-electron chi connectivity index (χ1n) is 9.08. The van der Waals surface area contributed by atoms with Gasteiger partial charge in [-0.1, -0.05) is 18.2 Å². The van der Waals surface area contributed by atoms with E-state index in [4.69, 9.17) is 9.15 Å². The van der Waals surface area contributed by atoms with Gasteiger partial charge in [0.1, 0.15) is 11.5 Å². The van der Waals surface area contributed by atoms with Crippen molar-refractivity contribution >= 4 is 5.91 Å². The van der Waals surface area contributed by atoms with Gasteiger partial charge in [0.25, 0.3) is 5.91 Å². The lowest BCUT2D eigenvalue weighted by atomic mass is 9.97. The zero-order valence-corrected chi connectivity index (χ0v) is 14.4. The highest BCUT2D eigenvalue weighted by Crippen LogP contribution is 2.26. The van der Waals surface area contributed by atoms with Crippen molar-refractivity contribution < 1.29 is 13.9 Å². The molecule has 1 aromatic carbocycles. The summed E-state index contributed by atoms with van der Waals surface area (Å²) in [5.41, 5.74) is 1.21. The fraction of sp³-hybridized carbons (Fsp3) is 0.450. The Morgan fingerprint density at radius 2 is 2.00 bits per heavy atom. The van der Waals surface area contributed by atoms with E-state index in [0.29, 0.717) is 18.9 Å². The molecule has 1 atom stereocenters. The highest BCUT2D eigenvalue weighted by Gasteiger charge is 2.21. The lowest BCUT2D eigenvalue weighted by Crippen LogP contribution is -2.34. The number of rotatable bonds is 5. The molecule has 0 saturated carbocycles. The zero-order chi connectivity index (χ0) is 17.1. The van der Waals surface area contributed by atoms with Crippen molar-refractivity contribution in [3.8, 4) is 5.75 Å². The van der Waals surface area contributed by atoms with E-state index in [1.165, 1.54) is 18.4 Å². The van der Waals surface area contributed by atoms with Crippen molar-refractivity contribution in [2.45, 2.75) is 25.8 Å². The number of likely N-dealkylation sites (tertiary alicyclic amines) is 1. The minimum atomic E-state index is -0.147. The lowest BCUT2D eigenvalue weighted by Gasteiger charge is -2.25. The second-order valence-corrected chi connectivity index (χ2v) is 6.95. The molecule has 132 valence electrons. The third kappa shape index (κ3) is 3.87. The molecule has 1 unspecified atom stereocenters. The normalized spacial score (nSPS) is 20.1. The second-order valence-electron chi connectivity index (χ2n) is 6.95. The topological polar surface area (TPSA) is 54.7 Å². The van der Waals surface area contributed by atoms with E-state index in [1.807, 2.05) is 24.3 Å². The second kappa shape index (κ2) is 7.31. The summed E-state index contributed by atoms with van der Waals surface area (Å²) in [7, 11) is 0. The van der Waals surface area contributed by atoms with Crippen molar-refractivity contribution in [3.63, 3.8) is 0 Å². The first-order chi connectivity index (χ1) is 12.3. The van der Waals surface area contributed by atoms with Crippen molar-refractivity contribution in [3.05, 3.63) is 53.5 Å². The average Bonchev–Trinajstić information content (AvgIpc) is 3.32. The molecule has 1 saturated heterocycles. The van der Waals surface area contributed by atoms with Crippen LogP contribution in [0.2, 0.25) is 0 Å². The molecule has 1 N–H and O–H groups in total. The Kier molecular flexibility index (Phi) is 4.74. The molecule has 25 heavy (non-hydrogen) atoms. The predicted molar refractivity (Wildman–Crippen MR) is 94.7 cm³/mol. The molecule has 2 aliphatic rings. The van der Waals surface area contributed by atoms with Crippen molar-refractivity contribution in [1.82, 2.24) is 10.2 Å². The molecule has 0 spiro atoms. The van der Waals surface area contributed by atoms with Crippen LogP contribution in [0.3, 0.4) is 0 Å². The SMILES string of the molecule is O=C(NCC1COc2ccccc2C1)c1ccc(CN2CCCC2)o1. The summed E-state index contributed by atoms with van der Waals surface area (Å²) < 4.78 is 11.5. The maximum Gasteiger partial charge on any atom is 0.287 e. The molecule has 1 fully saturated rings. The molecule has 5 nitrogen and oxygen atoms in total. The van der Waals surface area contributed by atoms with Crippen LogP contribution in [0.25, 0.3) is 0 Å². The van der Waals surface area contributed by atoms with Gasteiger partial charge in [0, 0.05) is 12.5 Å². The van der Waals surface area contributed by atoms with Crippen LogP contribution in [-0.4, -0.2) is 37.0 Å². The molecule has 1 aromatic heterocycles. The van der Waals surface area contributed by atoms with E-state index in [0.717, 1.165) is 37.6 Å². The molecular formula is C20H24N2O3. The molecule has 2 aromatic rings. The van der Waals surface area contributed by atoms with Crippen LogP contribution in [0, 0.1) is 5.92 Å². The van der Waals surface area contributed by atoms with Gasteiger partial charge in [-0.15, -0.1) is 0 Å². The summed E-state index contributed by atoms with van der Waals surface area (Å²) in [6.07, 6.45) is 3.43. The highest BCUT2D eigenvalue weighted by atomic mass is 16.5. The maximum atomic E-state index is 12.3. The van der Waals surface area contributed by atoms with E-state index in [1.54, 1.807) is 6.07 Å². The molecule has 2 aliphatic heterocycles. The number of hydrogen-bond acceptors (Lipinski definition) is 4. The molecule has 0 bridgehead atoms. The number of amides is 1. The minimum absolute atomic E-state index is 0.147. The monoisotopic (exact) mass is 340 g/mol. The standard InChI is InChI=1S/C20H24N2O3/c23-20(19-8-7-17(25-19)13-22-9-3-4-10-22)21-12-15-11-16-5-1-2-6-18(16)24-14-15/h1-2,5-8,15H,3-4,9-14H2,(H,21,23). The van der Waals surface area contributed by atoms with E-state index in [-0.39, 0.29) is 11.8 Å². The Hall–Kier alpha value is -2.27. The third-order valence-corrected chi connectivity index (χ3v) is 4.97. The number of carbonyl (C=O) groups excluding carboxylic acids is 1. The van der Waals surface area contributed by atoms with Gasteiger partial charge in [-0.05, 0) is 56.1 Å². The van der Waals surface area contributed by atoms with Crippen LogP contribution in [0.15, 0.2) is 40.8 Å². The molecule has 0 aliphatic carbocycles. The fourth-order valence-corrected chi connectivity index (χ4v) is 3.59. The van der Waals surface area contributed by atoms with E-state index in [9.17, 15) is 4.79 Å². The summed E-state index contributed by atoms with van der Waals surface area (Å²) >= 11 is 0. The maximum absolute atomic E-state index is 12.3. The van der Waals surface area contributed by atoms with Crippen molar-refractivity contribution in [1.29, 1.82) is 0 Å². The Morgan fingerprint density at radius 3 is 2.88 bits per heavy atom. The van der Waals surface area contributed by atoms with Gasteiger partial charge < -0.3 is 14.5 Å². The van der Waals surface area contributed by atoms with Crippen LogP contribution in [-0.2, 0) is 13.0 Å². The summed E-state index contributed by atoms with van der Waals surface area (Å²) in [5, 5.41) is 2.98. The molecule has 3 heterocycles. The average molecular weight is 340 g/mol. The van der Waals surface area contributed by atoms with Crippen LogP contribution < -0.4 is 10.1 Å². The van der Waals surface area contributed by atoms with Crippen LogP contribution in [0.5, 0.6) is 5.75 Å². The first-order valence-corrected chi connectivity index (χ1v) is 9.08. The van der Waals surface area contributed by atoms with Crippen LogP contribution in [0.1, 0.15) is 34.7 Å².